The number of hydrogen-bond donors (Lipinski definition) is 3. The van der Waals surface area contributed by atoms with Gasteiger partial charge in [0.05, 0.1) is 25.6 Å². The predicted molar refractivity (Wildman–Crippen MR) is 109 cm³/mol. The van der Waals surface area contributed by atoms with Gasteiger partial charge >= 0.3 is 17.3 Å². The van der Waals surface area contributed by atoms with E-state index in [0.717, 1.165) is 19.9 Å². The van der Waals surface area contributed by atoms with Crippen LogP contribution < -0.4 is 15.9 Å². The summed E-state index contributed by atoms with van der Waals surface area (Å²) in [6.45, 7) is 4.16. The lowest BCUT2D eigenvalue weighted by Crippen LogP contribution is -2.59. The first kappa shape index (κ1) is 23.5. The van der Waals surface area contributed by atoms with Gasteiger partial charge in [0.25, 0.3) is 0 Å². The zero-order chi connectivity index (χ0) is 22.1. The molecule has 0 spiro atoms. The Morgan fingerprint density at radius 1 is 1.34 bits per heavy atom. The zero-order valence-corrected chi connectivity index (χ0v) is 18.2. The monoisotopic (exact) mass is 432 g/mol. The zero-order valence-electron chi connectivity index (χ0n) is 17.3. The summed E-state index contributed by atoms with van der Waals surface area (Å²) in [6.07, 6.45) is 2.38. The Bertz CT molecular complexity index is 919. The van der Waals surface area contributed by atoms with Crippen molar-refractivity contribution in [2.45, 2.75) is 50.8 Å². The van der Waals surface area contributed by atoms with Crippen LogP contribution in [0.2, 0.25) is 0 Å². The van der Waals surface area contributed by atoms with Crippen molar-refractivity contribution in [3.05, 3.63) is 27.3 Å². The number of carboxylic acid groups (broad SMARTS) is 1. The van der Waals surface area contributed by atoms with Crippen molar-refractivity contribution in [2.75, 3.05) is 19.5 Å². The average molecular weight is 432 g/mol. The first-order chi connectivity index (χ1) is 13.3. The van der Waals surface area contributed by atoms with Gasteiger partial charge in [-0.2, -0.15) is 9.13 Å². The molecule has 2 unspecified atom stereocenters. The molecule has 0 aliphatic carbocycles. The van der Waals surface area contributed by atoms with Crippen LogP contribution in [-0.4, -0.2) is 74.5 Å². The fourth-order valence-corrected chi connectivity index (χ4v) is 4.14. The number of aliphatic carboxylic acids is 1. The van der Waals surface area contributed by atoms with Crippen molar-refractivity contribution in [1.29, 1.82) is 0 Å². The van der Waals surface area contributed by atoms with E-state index in [-0.39, 0.29) is 13.0 Å². The van der Waals surface area contributed by atoms with E-state index in [1.54, 1.807) is 0 Å². The summed E-state index contributed by atoms with van der Waals surface area (Å²) >= 11 is 0. The van der Waals surface area contributed by atoms with E-state index in [0.29, 0.717) is 6.42 Å². The van der Waals surface area contributed by atoms with Crippen LogP contribution in [0.4, 0.5) is 0 Å². The summed E-state index contributed by atoms with van der Waals surface area (Å²) in [5.74, 6) is -1.75. The number of carboxylic acids is 1. The molecule has 2 heterocycles. The molecule has 5 atom stereocenters. The Morgan fingerprint density at radius 3 is 2.52 bits per heavy atom. The Hall–Kier alpha value is -1.74. The number of ether oxygens (including phenoxy) is 1. The fourth-order valence-electron chi connectivity index (χ4n) is 3.18. The van der Waals surface area contributed by atoms with Crippen molar-refractivity contribution in [1.82, 2.24) is 9.13 Å². The van der Waals surface area contributed by atoms with Crippen LogP contribution in [0.3, 0.4) is 0 Å². The molecule has 10 nitrogen and oxygen atoms in total. The Balaban J connectivity index is 2.32. The van der Waals surface area contributed by atoms with E-state index in [4.69, 9.17) is 9.84 Å². The molecular weight excluding hydrogens is 401 g/mol. The van der Waals surface area contributed by atoms with Crippen LogP contribution in [0, 0.1) is 5.92 Å². The highest BCUT2D eigenvalue weighted by molar-refractivity contribution is 7.72. The lowest BCUT2D eigenvalue weighted by Gasteiger charge is -2.18. The van der Waals surface area contributed by atoms with Crippen molar-refractivity contribution >= 4 is 19.2 Å². The standard InChI is InChI=1S/C18H30N3O7P/c1-11(16(24)25)6-8-20-17(26)19(2)10-21(18(20)27)15-14(23)13(22)12(28-15)7-9-29(3,4)5/h10-15,22-23H,3,6-9H2,1-2,4-5H3/p+1/t11?,12-,13-,14-,15?/m1/s1. The van der Waals surface area contributed by atoms with Crippen LogP contribution in [-0.2, 0) is 23.1 Å². The third-order valence-electron chi connectivity index (χ3n) is 5.12. The topological polar surface area (TPSA) is 135 Å². The van der Waals surface area contributed by atoms with Gasteiger partial charge in [0.2, 0.25) is 12.6 Å². The fraction of sp³-hybridized carbons (Fsp3) is 0.722. The van der Waals surface area contributed by atoms with Gasteiger partial charge in [-0.15, -0.1) is 13.2 Å². The van der Waals surface area contributed by atoms with Gasteiger partial charge in [-0.3, -0.25) is 4.79 Å². The second-order valence-electron chi connectivity index (χ2n) is 8.37. The highest BCUT2D eigenvalue weighted by Gasteiger charge is 2.46. The second-order valence-corrected chi connectivity index (χ2v) is 12.7. The molecule has 29 heavy (non-hydrogen) atoms. The van der Waals surface area contributed by atoms with Crippen LogP contribution >= 0.6 is 6.89 Å². The normalized spacial score (nSPS) is 25.9. The number of aryl methyl sites for hydroxylation is 1. The van der Waals surface area contributed by atoms with Gasteiger partial charge in [0.1, 0.15) is 12.2 Å². The van der Waals surface area contributed by atoms with Crippen LogP contribution in [0.5, 0.6) is 0 Å². The lowest BCUT2D eigenvalue weighted by atomic mass is 10.1. The summed E-state index contributed by atoms with van der Waals surface area (Å²) < 4.78 is 8.94. The maximum absolute atomic E-state index is 12.9. The van der Waals surface area contributed by atoms with Crippen molar-refractivity contribution in [3.8, 4) is 0 Å². The first-order valence-corrected chi connectivity index (χ1v) is 12.5. The van der Waals surface area contributed by atoms with E-state index in [1.807, 2.05) is 0 Å². The quantitative estimate of drug-likeness (QED) is 0.342. The van der Waals surface area contributed by atoms with Crippen LogP contribution in [0.25, 0.3) is 0 Å². The highest BCUT2D eigenvalue weighted by Crippen LogP contribution is 2.39. The van der Waals surface area contributed by atoms with Gasteiger partial charge in [-0.25, -0.2) is 14.2 Å². The van der Waals surface area contributed by atoms with Gasteiger partial charge in [0, 0.05) is 0 Å². The maximum atomic E-state index is 12.9. The number of rotatable bonds is 8. The van der Waals surface area contributed by atoms with E-state index < -0.39 is 54.7 Å². The molecule has 1 aromatic rings. The van der Waals surface area contributed by atoms with Crippen LogP contribution in [0.15, 0.2) is 15.9 Å². The molecule has 3 N–H and O–H groups in total. The number of hydrogen-bond acceptors (Lipinski definition) is 6. The molecule has 0 radical (unpaired) electrons. The first-order valence-electron chi connectivity index (χ1n) is 9.47. The summed E-state index contributed by atoms with van der Waals surface area (Å²) in [5, 5.41) is 29.9. The number of aliphatic hydroxyl groups excluding tert-OH is 2. The molecule has 0 amide bonds. The van der Waals surface area contributed by atoms with Crippen molar-refractivity contribution in [3.63, 3.8) is 0 Å². The molecule has 1 aliphatic rings. The minimum Gasteiger partial charge on any atom is -0.481 e. The van der Waals surface area contributed by atoms with E-state index in [1.165, 1.54) is 20.3 Å². The Labute approximate surface area is 169 Å². The van der Waals surface area contributed by atoms with E-state index >= 15 is 0 Å². The summed E-state index contributed by atoms with van der Waals surface area (Å²) in [5.41, 5.74) is -1.33. The third kappa shape index (κ3) is 5.45. The Morgan fingerprint density at radius 2 is 1.97 bits per heavy atom. The van der Waals surface area contributed by atoms with Gasteiger partial charge in [-0.1, -0.05) is 6.92 Å². The number of nitrogens with zero attached hydrogens (tertiary/aromatic N) is 3. The number of aromatic nitrogens is 3. The molecule has 11 heteroatoms. The summed E-state index contributed by atoms with van der Waals surface area (Å²) in [7, 11) is 1.44. The summed E-state index contributed by atoms with van der Waals surface area (Å²) in [4.78, 5) is 36.3. The summed E-state index contributed by atoms with van der Waals surface area (Å²) in [6, 6.07) is 0. The van der Waals surface area contributed by atoms with E-state index in [2.05, 4.69) is 19.6 Å². The predicted octanol–water partition coefficient (Wildman–Crippen LogP) is -1.34. The molecule has 1 fully saturated rings. The van der Waals surface area contributed by atoms with Gasteiger partial charge in [-0.05, 0) is 32.3 Å². The molecule has 0 saturated carbocycles. The second kappa shape index (κ2) is 8.95. The SMILES string of the molecule is C=P(C)(C)CC[C@H]1OC(n2c[n+](C)c(=O)n(CCC(C)C(=O)O)c2=O)[C@H](O)[C@@H]1O. The smallest absolute Gasteiger partial charge is 0.450 e. The largest absolute Gasteiger partial charge is 0.481 e. The number of carbonyl (C=O) groups is 1. The molecule has 1 aromatic heterocycles. The number of aliphatic hydroxyl groups is 2. The Kier molecular flexibility index (Phi) is 7.27. The molecule has 0 bridgehead atoms. The molecule has 0 aromatic carbocycles. The molecular formula is C18H31N3O7P+. The molecule has 164 valence electrons. The highest BCUT2D eigenvalue weighted by atomic mass is 31.2. The van der Waals surface area contributed by atoms with Crippen molar-refractivity contribution in [2.24, 2.45) is 13.0 Å². The van der Waals surface area contributed by atoms with Crippen LogP contribution in [0.1, 0.15) is 26.0 Å². The maximum Gasteiger partial charge on any atom is 0.450 e. The minimum atomic E-state index is -1.35. The third-order valence-corrected chi connectivity index (χ3v) is 6.59. The van der Waals surface area contributed by atoms with Gasteiger partial charge < -0.3 is 20.1 Å². The van der Waals surface area contributed by atoms with Gasteiger partial charge in [0.15, 0.2) is 0 Å². The molecule has 2 rings (SSSR count). The molecule has 1 saturated heterocycles. The molecule has 1 aliphatic heterocycles. The van der Waals surface area contributed by atoms with Crippen molar-refractivity contribution < 1.29 is 29.4 Å². The van der Waals surface area contributed by atoms with E-state index in [9.17, 15) is 24.6 Å². The lowest BCUT2D eigenvalue weighted by molar-refractivity contribution is -0.696. The minimum absolute atomic E-state index is 0.0885. The average Bonchev–Trinajstić information content (AvgIpc) is 2.90.